The van der Waals surface area contributed by atoms with Crippen LogP contribution in [0.5, 0.6) is 5.75 Å². The van der Waals surface area contributed by atoms with Crippen molar-refractivity contribution in [1.29, 1.82) is 0 Å². The van der Waals surface area contributed by atoms with Crippen LogP contribution < -0.4 is 4.52 Å². The van der Waals surface area contributed by atoms with Crippen molar-refractivity contribution in [2.24, 2.45) is 0 Å². The Labute approximate surface area is 87.5 Å². The quantitative estimate of drug-likeness (QED) is 0.692. The Morgan fingerprint density at radius 3 is 1.93 bits per heavy atom. The second-order valence-electron chi connectivity index (χ2n) is 5.27. The van der Waals surface area contributed by atoms with Gasteiger partial charge >= 0.3 is 86.9 Å². The molecule has 0 bridgehead atoms. The molecule has 1 aromatic carbocycles. The third-order valence-corrected chi connectivity index (χ3v) is 7.32. The summed E-state index contributed by atoms with van der Waals surface area (Å²) in [5.41, 5.74) is 0.584. The Morgan fingerprint density at radius 1 is 1.00 bits per heavy atom. The fourth-order valence-corrected chi connectivity index (χ4v) is 2.05. The van der Waals surface area contributed by atoms with E-state index >= 15 is 0 Å². The summed E-state index contributed by atoms with van der Waals surface area (Å²) >= 11 is 0. The van der Waals surface area contributed by atoms with E-state index in [1.165, 1.54) is 0 Å². The number of para-hydroxylation sites is 1. The molecule has 0 aliphatic heterocycles. The van der Waals surface area contributed by atoms with Crippen LogP contribution in [-0.2, 0) is 0 Å². The van der Waals surface area contributed by atoms with Crippen molar-refractivity contribution in [3.63, 3.8) is 0 Å². The Balaban J connectivity index is 2.88. The van der Waals surface area contributed by atoms with Crippen LogP contribution in [0.2, 0.25) is 0 Å². The summed E-state index contributed by atoms with van der Waals surface area (Å²) < 4.78 is 6.18. The first kappa shape index (κ1) is 11.5. The molecule has 80 valence electrons. The summed E-state index contributed by atoms with van der Waals surface area (Å²) in [6.45, 7) is 9.29. The molecule has 0 atom stereocenters. The van der Waals surface area contributed by atoms with Gasteiger partial charge in [0.25, 0.3) is 0 Å². The molecule has 1 rings (SSSR count). The predicted octanol–water partition coefficient (Wildman–Crippen LogP) is 3.83. The molecule has 0 radical (unpaired) electrons. The predicted molar refractivity (Wildman–Crippen MR) is 66.9 cm³/mol. The van der Waals surface area contributed by atoms with Crippen LogP contribution in [0.1, 0.15) is 13.8 Å². The molecule has 0 saturated carbocycles. The molecule has 0 fully saturated rings. The van der Waals surface area contributed by atoms with Crippen LogP contribution in [0.4, 0.5) is 0 Å². The molecule has 0 aromatic heterocycles. The van der Waals surface area contributed by atoms with Gasteiger partial charge in [-0.3, -0.25) is 0 Å². The molecule has 14 heavy (non-hydrogen) atoms. The van der Waals surface area contributed by atoms with Crippen molar-refractivity contribution in [2.45, 2.75) is 19.5 Å². The Bertz CT molecular complexity index is 295. The SMILES string of the molecule is CC(C)P(C)(C)(C)Oc1ccccc1. The van der Waals surface area contributed by atoms with Gasteiger partial charge in [-0.15, -0.1) is 0 Å². The molecule has 0 aliphatic carbocycles. The zero-order chi connectivity index (χ0) is 10.8. The van der Waals surface area contributed by atoms with Crippen LogP contribution in [0.25, 0.3) is 0 Å². The zero-order valence-corrected chi connectivity index (χ0v) is 10.7. The molecule has 0 unspecified atom stereocenters. The molecule has 0 N–H and O–H groups in total. The van der Waals surface area contributed by atoms with Gasteiger partial charge in [-0.2, -0.15) is 0 Å². The Hall–Kier alpha value is -0.550. The molecular formula is C12H21OP. The van der Waals surface area contributed by atoms with Gasteiger partial charge in [0.15, 0.2) is 0 Å². The summed E-state index contributed by atoms with van der Waals surface area (Å²) in [7, 11) is 0. The maximum absolute atomic E-state index is 6.18. The van der Waals surface area contributed by atoms with E-state index < -0.39 is 6.83 Å². The summed E-state index contributed by atoms with van der Waals surface area (Å²) in [6.07, 6.45) is 0. The minimum absolute atomic E-state index is 0.584. The molecule has 1 nitrogen and oxygen atoms in total. The zero-order valence-electron chi connectivity index (χ0n) is 9.82. The van der Waals surface area contributed by atoms with E-state index in [2.05, 4.69) is 33.8 Å². The topological polar surface area (TPSA) is 9.23 Å². The van der Waals surface area contributed by atoms with Gasteiger partial charge in [0.05, 0.1) is 0 Å². The average molecular weight is 212 g/mol. The van der Waals surface area contributed by atoms with E-state index in [-0.39, 0.29) is 0 Å². The third kappa shape index (κ3) is 2.72. The van der Waals surface area contributed by atoms with Crippen molar-refractivity contribution >= 4 is 6.83 Å². The van der Waals surface area contributed by atoms with E-state index in [1.54, 1.807) is 0 Å². The first-order valence-corrected chi connectivity index (χ1v) is 8.62. The van der Waals surface area contributed by atoms with Gasteiger partial charge in [0.2, 0.25) is 0 Å². The first-order chi connectivity index (χ1) is 6.30. The van der Waals surface area contributed by atoms with Crippen molar-refractivity contribution in [3.8, 4) is 5.75 Å². The number of benzene rings is 1. The van der Waals surface area contributed by atoms with E-state index in [0.717, 1.165) is 5.75 Å². The first-order valence-electron chi connectivity index (χ1n) is 5.05. The fourth-order valence-electron chi connectivity index (χ4n) is 0.964. The minimum atomic E-state index is -1.99. The van der Waals surface area contributed by atoms with Crippen molar-refractivity contribution in [3.05, 3.63) is 30.3 Å². The summed E-state index contributed by atoms with van der Waals surface area (Å²) in [5.74, 6) is 0.992. The molecule has 0 saturated heterocycles. The van der Waals surface area contributed by atoms with Crippen molar-refractivity contribution in [2.75, 3.05) is 20.0 Å². The molecule has 2 heteroatoms. The van der Waals surface area contributed by atoms with Crippen LogP contribution >= 0.6 is 6.83 Å². The Morgan fingerprint density at radius 2 is 1.50 bits per heavy atom. The van der Waals surface area contributed by atoms with E-state index in [4.69, 9.17) is 4.52 Å². The van der Waals surface area contributed by atoms with Crippen molar-refractivity contribution < 1.29 is 4.52 Å². The van der Waals surface area contributed by atoms with E-state index in [0.29, 0.717) is 5.66 Å². The van der Waals surface area contributed by atoms with Crippen LogP contribution in [-0.4, -0.2) is 25.7 Å². The van der Waals surface area contributed by atoms with Gasteiger partial charge in [0, 0.05) is 0 Å². The summed E-state index contributed by atoms with van der Waals surface area (Å²) in [5, 5.41) is 0. The van der Waals surface area contributed by atoms with Gasteiger partial charge in [-0.25, -0.2) is 0 Å². The van der Waals surface area contributed by atoms with E-state index in [9.17, 15) is 0 Å². The summed E-state index contributed by atoms with van der Waals surface area (Å²) in [6, 6.07) is 10.1. The number of hydrogen-bond donors (Lipinski definition) is 0. The van der Waals surface area contributed by atoms with Crippen LogP contribution in [0, 0.1) is 0 Å². The normalized spacial score (nSPS) is 14.9. The molecule has 0 heterocycles. The standard InChI is InChI=1S/C12H21OP/c1-11(2)14(3,4,5)13-12-9-7-6-8-10-12/h6-11H,1-5H3. The molecule has 0 amide bonds. The molecule has 0 aliphatic rings. The average Bonchev–Trinajstić information content (AvgIpc) is 2.03. The van der Waals surface area contributed by atoms with Crippen LogP contribution in [0.15, 0.2) is 30.3 Å². The van der Waals surface area contributed by atoms with Gasteiger partial charge in [-0.05, 0) is 0 Å². The summed E-state index contributed by atoms with van der Waals surface area (Å²) in [4.78, 5) is 0. The van der Waals surface area contributed by atoms with E-state index in [1.807, 2.05) is 30.3 Å². The number of hydrogen-bond acceptors (Lipinski definition) is 1. The molecular weight excluding hydrogens is 191 g/mol. The molecule has 1 aromatic rings. The maximum atomic E-state index is 6.18. The second kappa shape index (κ2) is 3.55. The van der Waals surface area contributed by atoms with Gasteiger partial charge in [0.1, 0.15) is 0 Å². The molecule has 0 spiro atoms. The number of rotatable bonds is 3. The fraction of sp³-hybridized carbons (Fsp3) is 0.500. The monoisotopic (exact) mass is 212 g/mol. The van der Waals surface area contributed by atoms with Gasteiger partial charge in [-0.1, -0.05) is 0 Å². The van der Waals surface area contributed by atoms with Gasteiger partial charge < -0.3 is 0 Å². The third-order valence-electron chi connectivity index (χ3n) is 2.94. The second-order valence-corrected chi connectivity index (χ2v) is 12.0. The Kier molecular flexibility index (Phi) is 2.92. The van der Waals surface area contributed by atoms with Crippen molar-refractivity contribution in [1.82, 2.24) is 0 Å². The van der Waals surface area contributed by atoms with Crippen LogP contribution in [0.3, 0.4) is 0 Å².